The highest BCUT2D eigenvalue weighted by Crippen LogP contribution is 2.29. The number of fused-ring (bicyclic) bond motifs is 1. The second-order valence-corrected chi connectivity index (χ2v) is 4.62. The summed E-state index contributed by atoms with van der Waals surface area (Å²) in [7, 11) is 0. The van der Waals surface area contributed by atoms with Crippen LogP contribution in [-0.4, -0.2) is 31.3 Å². The van der Waals surface area contributed by atoms with Crippen LogP contribution in [0.25, 0.3) is 0 Å². The molecule has 88 valence electrons. The first-order chi connectivity index (χ1) is 8.27. The Kier molecular flexibility index (Phi) is 2.44. The first-order valence-corrected chi connectivity index (χ1v) is 5.93. The van der Waals surface area contributed by atoms with Gasteiger partial charge in [0.2, 0.25) is 0 Å². The molecule has 17 heavy (non-hydrogen) atoms. The van der Waals surface area contributed by atoms with Crippen molar-refractivity contribution in [2.75, 3.05) is 24.5 Å². The van der Waals surface area contributed by atoms with Gasteiger partial charge in [-0.25, -0.2) is 0 Å². The van der Waals surface area contributed by atoms with Crippen molar-refractivity contribution < 1.29 is 9.59 Å². The summed E-state index contributed by atoms with van der Waals surface area (Å²) in [6.45, 7) is 2.58. The van der Waals surface area contributed by atoms with Crippen LogP contribution in [0.1, 0.15) is 16.8 Å². The number of hydrogen-bond donors (Lipinski definition) is 1. The van der Waals surface area contributed by atoms with Gasteiger partial charge >= 0.3 is 0 Å². The first-order valence-electron chi connectivity index (χ1n) is 5.93. The average molecular weight is 230 g/mol. The zero-order chi connectivity index (χ0) is 11.8. The lowest BCUT2D eigenvalue weighted by atomic mass is 10.1. The summed E-state index contributed by atoms with van der Waals surface area (Å²) in [5.74, 6) is -0.289. The number of anilines is 1. The molecule has 1 fully saturated rings. The third kappa shape index (κ3) is 1.65. The van der Waals surface area contributed by atoms with Crippen molar-refractivity contribution in [3.63, 3.8) is 0 Å². The molecule has 0 aromatic heterocycles. The van der Waals surface area contributed by atoms with E-state index in [9.17, 15) is 9.59 Å². The second kappa shape index (κ2) is 3.96. The summed E-state index contributed by atoms with van der Waals surface area (Å²) in [5.41, 5.74) is 1.32. The van der Waals surface area contributed by atoms with Crippen LogP contribution in [0.4, 0.5) is 5.69 Å². The minimum atomic E-state index is -0.377. The molecule has 1 unspecified atom stereocenters. The van der Waals surface area contributed by atoms with Crippen LogP contribution in [-0.2, 0) is 4.79 Å². The summed E-state index contributed by atoms with van der Waals surface area (Å²) in [6, 6.07) is 7.23. The van der Waals surface area contributed by atoms with Gasteiger partial charge in [0, 0.05) is 6.54 Å². The van der Waals surface area contributed by atoms with Gasteiger partial charge in [-0.1, -0.05) is 12.1 Å². The number of carbonyl (C=O) groups excluding carboxylic acids is 2. The molecule has 2 aliphatic rings. The molecule has 1 aromatic rings. The molecule has 1 saturated heterocycles. The molecule has 1 amide bonds. The van der Waals surface area contributed by atoms with E-state index < -0.39 is 0 Å². The highest BCUT2D eigenvalue weighted by Gasteiger charge is 2.36. The van der Waals surface area contributed by atoms with Crippen molar-refractivity contribution in [2.24, 2.45) is 5.92 Å². The highest BCUT2D eigenvalue weighted by molar-refractivity contribution is 6.52. The molecule has 0 aliphatic carbocycles. The Morgan fingerprint density at radius 2 is 2.12 bits per heavy atom. The summed E-state index contributed by atoms with van der Waals surface area (Å²) in [6.07, 6.45) is 1.07. The van der Waals surface area contributed by atoms with E-state index in [2.05, 4.69) is 5.32 Å². The maximum absolute atomic E-state index is 11.9. The van der Waals surface area contributed by atoms with Gasteiger partial charge in [-0.05, 0) is 37.6 Å². The van der Waals surface area contributed by atoms with Crippen LogP contribution in [0.5, 0.6) is 0 Å². The normalized spacial score (nSPS) is 23.3. The van der Waals surface area contributed by atoms with E-state index >= 15 is 0 Å². The zero-order valence-electron chi connectivity index (χ0n) is 9.48. The number of nitrogens with zero attached hydrogens (tertiary/aromatic N) is 1. The van der Waals surface area contributed by atoms with Crippen molar-refractivity contribution in [1.82, 2.24) is 5.32 Å². The molecule has 0 saturated carbocycles. The highest BCUT2D eigenvalue weighted by atomic mass is 16.2. The van der Waals surface area contributed by atoms with Gasteiger partial charge in [-0.3, -0.25) is 9.59 Å². The molecule has 1 aromatic carbocycles. The molecule has 4 nitrogen and oxygen atoms in total. The van der Waals surface area contributed by atoms with E-state index in [0.29, 0.717) is 18.0 Å². The van der Waals surface area contributed by atoms with Crippen LogP contribution in [0, 0.1) is 5.92 Å². The van der Waals surface area contributed by atoms with Gasteiger partial charge in [0.1, 0.15) is 0 Å². The number of benzene rings is 1. The topological polar surface area (TPSA) is 49.4 Å². The first kappa shape index (κ1) is 10.5. The average Bonchev–Trinajstić information content (AvgIpc) is 2.94. The molecule has 2 aliphatic heterocycles. The van der Waals surface area contributed by atoms with E-state index in [4.69, 9.17) is 0 Å². The SMILES string of the molecule is O=C1C(=O)N(CC2CCNC2)c2ccccc21. The zero-order valence-corrected chi connectivity index (χ0v) is 9.48. The number of hydrogen-bond acceptors (Lipinski definition) is 3. The molecular formula is C13H14N2O2. The van der Waals surface area contributed by atoms with Gasteiger partial charge in [-0.2, -0.15) is 0 Å². The molecule has 0 spiro atoms. The van der Waals surface area contributed by atoms with Crippen LogP contribution >= 0.6 is 0 Å². The smallest absolute Gasteiger partial charge is 0.299 e. The van der Waals surface area contributed by atoms with Gasteiger partial charge in [-0.15, -0.1) is 0 Å². The molecule has 3 rings (SSSR count). The molecular weight excluding hydrogens is 216 g/mol. The number of para-hydroxylation sites is 1. The Morgan fingerprint density at radius 3 is 2.88 bits per heavy atom. The van der Waals surface area contributed by atoms with Crippen molar-refractivity contribution in [3.8, 4) is 0 Å². The van der Waals surface area contributed by atoms with Gasteiger partial charge < -0.3 is 10.2 Å². The molecule has 0 radical (unpaired) electrons. The summed E-state index contributed by atoms with van der Waals surface area (Å²) in [5, 5.41) is 3.27. The number of rotatable bonds is 2. The lowest BCUT2D eigenvalue weighted by Crippen LogP contribution is -2.35. The van der Waals surface area contributed by atoms with Gasteiger partial charge in [0.25, 0.3) is 11.7 Å². The van der Waals surface area contributed by atoms with E-state index in [-0.39, 0.29) is 11.7 Å². The van der Waals surface area contributed by atoms with Crippen LogP contribution in [0.3, 0.4) is 0 Å². The predicted octanol–water partition coefficient (Wildman–Crippen LogP) is 0.825. The minimum Gasteiger partial charge on any atom is -0.316 e. The standard InChI is InChI=1S/C13H14N2O2/c16-12-10-3-1-2-4-11(10)15(13(12)17)8-9-5-6-14-7-9/h1-4,9,14H,5-8H2. The Labute approximate surface area is 99.6 Å². The lowest BCUT2D eigenvalue weighted by molar-refractivity contribution is -0.114. The number of amides is 1. The monoisotopic (exact) mass is 230 g/mol. The maximum Gasteiger partial charge on any atom is 0.299 e. The van der Waals surface area contributed by atoms with E-state index in [1.165, 1.54) is 0 Å². The molecule has 1 N–H and O–H groups in total. The number of Topliss-reactive ketones (excluding diaryl/α,β-unsaturated/α-hetero) is 1. The van der Waals surface area contributed by atoms with E-state index in [0.717, 1.165) is 25.2 Å². The van der Waals surface area contributed by atoms with E-state index in [1.807, 2.05) is 12.1 Å². The van der Waals surface area contributed by atoms with Crippen LogP contribution in [0.15, 0.2) is 24.3 Å². The fourth-order valence-electron chi connectivity index (χ4n) is 2.56. The lowest BCUT2D eigenvalue weighted by Gasteiger charge is -2.20. The molecule has 0 bridgehead atoms. The number of nitrogens with one attached hydrogen (secondary N) is 1. The van der Waals surface area contributed by atoms with Crippen molar-refractivity contribution >= 4 is 17.4 Å². The van der Waals surface area contributed by atoms with Crippen molar-refractivity contribution in [1.29, 1.82) is 0 Å². The number of ketones is 1. The molecule has 4 heteroatoms. The van der Waals surface area contributed by atoms with Crippen LogP contribution in [0.2, 0.25) is 0 Å². The molecule has 2 heterocycles. The Balaban J connectivity index is 1.89. The van der Waals surface area contributed by atoms with Gasteiger partial charge in [0.15, 0.2) is 0 Å². The van der Waals surface area contributed by atoms with Crippen molar-refractivity contribution in [3.05, 3.63) is 29.8 Å². The third-order valence-corrected chi connectivity index (χ3v) is 3.48. The Bertz CT molecular complexity index is 478. The largest absolute Gasteiger partial charge is 0.316 e. The fourth-order valence-corrected chi connectivity index (χ4v) is 2.56. The second-order valence-electron chi connectivity index (χ2n) is 4.62. The summed E-state index contributed by atoms with van der Waals surface area (Å²) < 4.78 is 0. The quantitative estimate of drug-likeness (QED) is 0.765. The summed E-state index contributed by atoms with van der Waals surface area (Å²) in [4.78, 5) is 25.3. The Hall–Kier alpha value is -1.68. The number of carbonyl (C=O) groups is 2. The minimum absolute atomic E-state index is 0.369. The maximum atomic E-state index is 11.9. The summed E-state index contributed by atoms with van der Waals surface area (Å²) >= 11 is 0. The third-order valence-electron chi connectivity index (χ3n) is 3.48. The van der Waals surface area contributed by atoms with Gasteiger partial charge in [0.05, 0.1) is 11.3 Å². The Morgan fingerprint density at radius 1 is 1.29 bits per heavy atom. The van der Waals surface area contributed by atoms with Crippen LogP contribution < -0.4 is 10.2 Å². The van der Waals surface area contributed by atoms with E-state index in [1.54, 1.807) is 17.0 Å². The van der Waals surface area contributed by atoms with Crippen molar-refractivity contribution in [2.45, 2.75) is 6.42 Å². The fraction of sp³-hybridized carbons (Fsp3) is 0.385. The predicted molar refractivity (Wildman–Crippen MR) is 64.1 cm³/mol. The molecule has 1 atom stereocenters.